The third kappa shape index (κ3) is 5.90. The lowest BCUT2D eigenvalue weighted by molar-refractivity contribution is -0.117. The fourth-order valence-corrected chi connectivity index (χ4v) is 5.18. The summed E-state index contributed by atoms with van der Waals surface area (Å²) in [5, 5.41) is 4.61. The second kappa shape index (κ2) is 11.1. The van der Waals surface area contributed by atoms with Gasteiger partial charge in [-0.15, -0.1) is 0 Å². The summed E-state index contributed by atoms with van der Waals surface area (Å²) in [6.07, 6.45) is 6.61. The quantitative estimate of drug-likeness (QED) is 0.404. The lowest BCUT2D eigenvalue weighted by Gasteiger charge is -2.40. The SMILES string of the molecule is C[C@H](c1ccc(Cl)cc1)N1C(=O)c2cc(I)ccc2N=C(NCCC(N)=O)[C@@H]1C1C=CC(Cl)=CC1. The van der Waals surface area contributed by atoms with Crippen LogP contribution in [0.1, 0.15) is 41.7 Å². The number of halogens is 3. The highest BCUT2D eigenvalue weighted by atomic mass is 127. The maximum Gasteiger partial charge on any atom is 0.257 e. The van der Waals surface area contributed by atoms with Crippen LogP contribution in [0, 0.1) is 9.49 Å². The Kier molecular flexibility index (Phi) is 8.19. The van der Waals surface area contributed by atoms with Crippen molar-refractivity contribution in [2.24, 2.45) is 16.6 Å². The molecule has 2 aromatic carbocycles. The molecule has 182 valence electrons. The summed E-state index contributed by atoms with van der Waals surface area (Å²) >= 11 is 14.6. The number of nitrogens with zero attached hydrogens (tertiary/aromatic N) is 2. The molecule has 1 unspecified atom stereocenters. The van der Waals surface area contributed by atoms with E-state index in [-0.39, 0.29) is 24.3 Å². The Balaban J connectivity index is 1.85. The van der Waals surface area contributed by atoms with Crippen molar-refractivity contribution in [3.05, 3.63) is 85.4 Å². The molecular formula is C26H25Cl2IN4O2. The van der Waals surface area contributed by atoms with Gasteiger partial charge in [0.15, 0.2) is 0 Å². The highest BCUT2D eigenvalue weighted by Gasteiger charge is 2.40. The van der Waals surface area contributed by atoms with Crippen molar-refractivity contribution in [3.63, 3.8) is 0 Å². The van der Waals surface area contributed by atoms with E-state index in [1.165, 1.54) is 0 Å². The van der Waals surface area contributed by atoms with Crippen molar-refractivity contribution in [1.82, 2.24) is 10.2 Å². The molecule has 4 rings (SSSR count). The topological polar surface area (TPSA) is 87.8 Å². The van der Waals surface area contributed by atoms with Gasteiger partial charge in [-0.05, 0) is 77.9 Å². The monoisotopic (exact) mass is 622 g/mol. The number of rotatable bonds is 6. The van der Waals surface area contributed by atoms with E-state index in [2.05, 4.69) is 27.9 Å². The van der Waals surface area contributed by atoms with Crippen LogP contribution in [0.25, 0.3) is 0 Å². The van der Waals surface area contributed by atoms with E-state index in [0.717, 1.165) is 9.13 Å². The normalized spacial score (nSPS) is 20.5. The predicted octanol–water partition coefficient (Wildman–Crippen LogP) is 5.72. The van der Waals surface area contributed by atoms with Crippen molar-refractivity contribution in [1.29, 1.82) is 0 Å². The zero-order valence-electron chi connectivity index (χ0n) is 19.0. The Hall–Kier alpha value is -2.36. The minimum atomic E-state index is -0.427. The van der Waals surface area contributed by atoms with Gasteiger partial charge in [0.1, 0.15) is 5.84 Å². The fourth-order valence-electron chi connectivity index (χ4n) is 4.40. The van der Waals surface area contributed by atoms with E-state index in [0.29, 0.717) is 40.1 Å². The number of fused-ring (bicyclic) bond motifs is 1. The molecule has 9 heteroatoms. The van der Waals surface area contributed by atoms with Gasteiger partial charge in [0.25, 0.3) is 5.91 Å². The van der Waals surface area contributed by atoms with Crippen molar-refractivity contribution in [3.8, 4) is 0 Å². The Labute approximate surface area is 228 Å². The number of aliphatic imine (C=N–C) groups is 1. The smallest absolute Gasteiger partial charge is 0.257 e. The molecule has 1 aliphatic carbocycles. The Morgan fingerprint density at radius 1 is 1.26 bits per heavy atom. The maximum absolute atomic E-state index is 14.2. The lowest BCUT2D eigenvalue weighted by Crippen LogP contribution is -2.53. The number of hydrogen-bond acceptors (Lipinski definition) is 4. The van der Waals surface area contributed by atoms with Gasteiger partial charge < -0.3 is 16.0 Å². The van der Waals surface area contributed by atoms with Crippen LogP contribution in [0.5, 0.6) is 0 Å². The first-order valence-corrected chi connectivity index (χ1v) is 13.1. The molecule has 0 aromatic heterocycles. The summed E-state index contributed by atoms with van der Waals surface area (Å²) in [7, 11) is 0. The molecule has 3 atom stereocenters. The van der Waals surface area contributed by atoms with E-state index >= 15 is 0 Å². The average Bonchev–Trinajstić information content (AvgIpc) is 2.94. The molecule has 0 radical (unpaired) electrons. The van der Waals surface area contributed by atoms with Crippen LogP contribution in [0.2, 0.25) is 5.02 Å². The van der Waals surface area contributed by atoms with Crippen LogP contribution in [0.4, 0.5) is 5.69 Å². The average molecular weight is 623 g/mol. The van der Waals surface area contributed by atoms with Gasteiger partial charge in [-0.25, -0.2) is 4.99 Å². The molecule has 0 bridgehead atoms. The standard InChI is InChI=1S/C26H25Cl2IN4O2/c1-15(16-2-6-18(27)7-3-16)33-24(17-4-8-19(28)9-5-17)25(31-13-12-23(30)34)32-22-11-10-20(29)14-21(22)26(33)35/h2-4,6-11,14-15,17,24H,5,12-13H2,1H3,(H2,30,34)(H,31,32)/t15-,17?,24+/m1/s1. The summed E-state index contributed by atoms with van der Waals surface area (Å²) in [5.74, 6) is 0.00860. The molecule has 6 nitrogen and oxygen atoms in total. The van der Waals surface area contributed by atoms with Gasteiger partial charge in [0, 0.05) is 32.5 Å². The van der Waals surface area contributed by atoms with Gasteiger partial charge in [-0.1, -0.05) is 47.5 Å². The van der Waals surface area contributed by atoms with Crippen LogP contribution in [-0.2, 0) is 4.79 Å². The van der Waals surface area contributed by atoms with E-state index in [1.807, 2.05) is 72.5 Å². The van der Waals surface area contributed by atoms with Crippen LogP contribution in [0.15, 0.2) is 70.7 Å². The molecule has 35 heavy (non-hydrogen) atoms. The zero-order chi connectivity index (χ0) is 25.1. The maximum atomic E-state index is 14.2. The second-order valence-corrected chi connectivity index (χ2v) is 10.7. The van der Waals surface area contributed by atoms with Crippen molar-refractivity contribution >= 4 is 69.1 Å². The number of primary amides is 1. The first-order chi connectivity index (χ1) is 16.7. The fraction of sp³-hybridized carbons (Fsp3) is 0.269. The van der Waals surface area contributed by atoms with Crippen LogP contribution >= 0.6 is 45.8 Å². The van der Waals surface area contributed by atoms with Crippen LogP contribution in [-0.4, -0.2) is 35.1 Å². The molecule has 1 aliphatic heterocycles. The first kappa shape index (κ1) is 25.7. The summed E-state index contributed by atoms with van der Waals surface area (Å²) in [4.78, 5) is 32.4. The van der Waals surface area contributed by atoms with Gasteiger partial charge in [0.05, 0.1) is 23.3 Å². The Bertz CT molecular complexity index is 1230. The highest BCUT2D eigenvalue weighted by molar-refractivity contribution is 14.1. The molecule has 0 saturated heterocycles. The molecule has 1 heterocycles. The number of amides is 2. The summed E-state index contributed by atoms with van der Waals surface area (Å²) < 4.78 is 0.943. The zero-order valence-corrected chi connectivity index (χ0v) is 22.7. The van der Waals surface area contributed by atoms with Crippen LogP contribution < -0.4 is 11.1 Å². The molecule has 0 fully saturated rings. The minimum Gasteiger partial charge on any atom is -0.371 e. The number of carbonyl (C=O) groups excluding carboxylic acids is 2. The number of nitrogens with two attached hydrogens (primary N) is 1. The van der Waals surface area contributed by atoms with Gasteiger partial charge in [0.2, 0.25) is 5.91 Å². The van der Waals surface area contributed by atoms with Crippen molar-refractivity contribution in [2.45, 2.75) is 31.8 Å². The molecule has 0 saturated carbocycles. The number of carbonyl (C=O) groups is 2. The first-order valence-electron chi connectivity index (χ1n) is 11.3. The minimum absolute atomic E-state index is 0.0792. The number of benzene rings is 2. The third-order valence-corrected chi connectivity index (χ3v) is 7.39. The van der Waals surface area contributed by atoms with Gasteiger partial charge in [-0.3, -0.25) is 9.59 Å². The second-order valence-electron chi connectivity index (χ2n) is 8.53. The van der Waals surface area contributed by atoms with Crippen LogP contribution in [0.3, 0.4) is 0 Å². The summed E-state index contributed by atoms with van der Waals surface area (Å²) in [6.45, 7) is 2.32. The lowest BCUT2D eigenvalue weighted by atomic mass is 9.88. The molecule has 3 N–H and O–H groups in total. The summed E-state index contributed by atoms with van der Waals surface area (Å²) in [5.41, 5.74) is 7.45. The Morgan fingerprint density at radius 2 is 2.00 bits per heavy atom. The molecule has 2 aromatic rings. The van der Waals surface area contributed by atoms with E-state index in [1.54, 1.807) is 0 Å². The van der Waals surface area contributed by atoms with Crippen molar-refractivity contribution < 1.29 is 9.59 Å². The largest absolute Gasteiger partial charge is 0.371 e. The van der Waals surface area contributed by atoms with E-state index < -0.39 is 11.9 Å². The molecule has 0 spiro atoms. The number of allylic oxidation sites excluding steroid dienone is 3. The van der Waals surface area contributed by atoms with E-state index in [4.69, 9.17) is 33.9 Å². The molecular weight excluding hydrogens is 598 g/mol. The number of hydrogen-bond donors (Lipinski definition) is 2. The Morgan fingerprint density at radius 3 is 2.66 bits per heavy atom. The van der Waals surface area contributed by atoms with E-state index in [9.17, 15) is 9.59 Å². The third-order valence-electron chi connectivity index (χ3n) is 6.18. The van der Waals surface area contributed by atoms with Gasteiger partial charge >= 0.3 is 0 Å². The number of nitrogens with one attached hydrogen (secondary N) is 1. The molecule has 2 aliphatic rings. The van der Waals surface area contributed by atoms with Crippen molar-refractivity contribution in [2.75, 3.05) is 6.54 Å². The molecule has 2 amide bonds. The van der Waals surface area contributed by atoms with Gasteiger partial charge in [-0.2, -0.15) is 0 Å². The number of amidine groups is 1. The summed E-state index contributed by atoms with van der Waals surface area (Å²) in [6, 6.07) is 12.4. The predicted molar refractivity (Wildman–Crippen MR) is 149 cm³/mol. The highest BCUT2D eigenvalue weighted by Crippen LogP contribution is 2.37.